The summed E-state index contributed by atoms with van der Waals surface area (Å²) in [6.45, 7) is 0. The molecule has 0 fully saturated rings. The van der Waals surface area contributed by atoms with Crippen LogP contribution in [0.25, 0.3) is 0 Å². The zero-order chi connectivity index (χ0) is 11.2. The largest absolute Gasteiger partial charge is 0.277 e. The average molecular weight is 231 g/mol. The molecule has 0 heterocycles. The summed E-state index contributed by atoms with van der Waals surface area (Å²) in [7, 11) is 0. The van der Waals surface area contributed by atoms with E-state index in [9.17, 15) is 0 Å². The molecule has 80 valence electrons. The number of nitrogens with zero attached hydrogens (tertiary/aromatic N) is 1. The Labute approximate surface area is 99.6 Å². The lowest BCUT2D eigenvalue weighted by molar-refractivity contribution is 1.35. The monoisotopic (exact) mass is 230 g/mol. The predicted octanol–water partition coefficient (Wildman–Crippen LogP) is 3.79. The van der Waals surface area contributed by atoms with Gasteiger partial charge in [-0.1, -0.05) is 54.1 Å². The van der Waals surface area contributed by atoms with E-state index in [1.54, 1.807) is 6.21 Å². The van der Waals surface area contributed by atoms with Crippen LogP contribution in [-0.2, 0) is 0 Å². The van der Waals surface area contributed by atoms with Gasteiger partial charge in [0.15, 0.2) is 0 Å². The van der Waals surface area contributed by atoms with Crippen LogP contribution in [0.4, 0.5) is 5.69 Å². The van der Waals surface area contributed by atoms with Crippen molar-refractivity contribution in [1.82, 2.24) is 0 Å². The lowest BCUT2D eigenvalue weighted by Crippen LogP contribution is -1.90. The molecule has 0 spiro atoms. The molecular formula is C13H11ClN2. The molecule has 0 amide bonds. The van der Waals surface area contributed by atoms with E-state index in [0.717, 1.165) is 11.3 Å². The summed E-state index contributed by atoms with van der Waals surface area (Å²) >= 11 is 5.97. The molecule has 0 saturated heterocycles. The minimum atomic E-state index is 0.660. The zero-order valence-corrected chi connectivity index (χ0v) is 9.35. The zero-order valence-electron chi connectivity index (χ0n) is 8.60. The number of nitrogens with one attached hydrogen (secondary N) is 1. The van der Waals surface area contributed by atoms with Crippen LogP contribution in [-0.4, -0.2) is 6.21 Å². The molecule has 0 aliphatic heterocycles. The molecule has 0 aliphatic rings. The van der Waals surface area contributed by atoms with Crippen molar-refractivity contribution in [2.75, 3.05) is 5.43 Å². The van der Waals surface area contributed by atoms with E-state index in [-0.39, 0.29) is 0 Å². The molecule has 3 heteroatoms. The van der Waals surface area contributed by atoms with Crippen molar-refractivity contribution in [3.05, 3.63) is 65.2 Å². The number of hydrogen-bond acceptors (Lipinski definition) is 2. The van der Waals surface area contributed by atoms with Crippen LogP contribution in [0.5, 0.6) is 0 Å². The molecule has 2 rings (SSSR count). The van der Waals surface area contributed by atoms with Gasteiger partial charge in [-0.15, -0.1) is 0 Å². The first-order valence-electron chi connectivity index (χ1n) is 4.95. The highest BCUT2D eigenvalue weighted by Gasteiger charge is 1.94. The summed E-state index contributed by atoms with van der Waals surface area (Å²) in [6, 6.07) is 17.4. The minimum Gasteiger partial charge on any atom is -0.277 e. The molecule has 0 bridgehead atoms. The topological polar surface area (TPSA) is 24.4 Å². The quantitative estimate of drug-likeness (QED) is 0.630. The summed E-state index contributed by atoms with van der Waals surface area (Å²) in [5.41, 5.74) is 4.74. The molecule has 0 unspecified atom stereocenters. The van der Waals surface area contributed by atoms with E-state index in [2.05, 4.69) is 10.5 Å². The Balaban J connectivity index is 2.03. The number of para-hydroxylation sites is 1. The number of anilines is 1. The third-order valence-corrected chi connectivity index (χ3v) is 2.40. The van der Waals surface area contributed by atoms with Gasteiger partial charge in [-0.25, -0.2) is 0 Å². The average Bonchev–Trinajstić information content (AvgIpc) is 2.33. The molecule has 2 aromatic carbocycles. The number of hydrazone groups is 1. The van der Waals surface area contributed by atoms with Crippen molar-refractivity contribution < 1.29 is 0 Å². The summed E-state index contributed by atoms with van der Waals surface area (Å²) in [5.74, 6) is 0. The fraction of sp³-hybridized carbons (Fsp3) is 0. The Hall–Kier alpha value is -1.80. The van der Waals surface area contributed by atoms with E-state index >= 15 is 0 Å². The van der Waals surface area contributed by atoms with Gasteiger partial charge in [0.2, 0.25) is 0 Å². The molecule has 16 heavy (non-hydrogen) atoms. The normalized spacial score (nSPS) is 10.6. The van der Waals surface area contributed by atoms with Crippen molar-refractivity contribution in [3.63, 3.8) is 0 Å². The van der Waals surface area contributed by atoms with Crippen molar-refractivity contribution in [1.29, 1.82) is 0 Å². The second-order valence-electron chi connectivity index (χ2n) is 3.26. The van der Waals surface area contributed by atoms with Gasteiger partial charge >= 0.3 is 0 Å². The van der Waals surface area contributed by atoms with Crippen LogP contribution in [0, 0.1) is 0 Å². The highest BCUT2D eigenvalue weighted by Crippen LogP contribution is 2.19. The molecule has 2 aromatic rings. The smallest absolute Gasteiger partial charge is 0.0748 e. The maximum atomic E-state index is 5.97. The number of rotatable bonds is 3. The lowest BCUT2D eigenvalue weighted by Gasteiger charge is -2.01. The van der Waals surface area contributed by atoms with E-state index < -0.39 is 0 Å². The van der Waals surface area contributed by atoms with Crippen LogP contribution >= 0.6 is 11.6 Å². The molecule has 0 aliphatic carbocycles. The Kier molecular flexibility index (Phi) is 3.57. The Morgan fingerprint density at radius 1 is 0.938 bits per heavy atom. The summed E-state index contributed by atoms with van der Waals surface area (Å²) < 4.78 is 0. The maximum Gasteiger partial charge on any atom is 0.0748 e. The van der Waals surface area contributed by atoms with Gasteiger partial charge < -0.3 is 0 Å². The Morgan fingerprint density at radius 2 is 1.62 bits per heavy atom. The Bertz CT molecular complexity index is 480. The second-order valence-corrected chi connectivity index (χ2v) is 3.67. The van der Waals surface area contributed by atoms with Crippen molar-refractivity contribution in [2.45, 2.75) is 0 Å². The third kappa shape index (κ3) is 2.84. The van der Waals surface area contributed by atoms with Crippen LogP contribution in [0.3, 0.4) is 0 Å². The van der Waals surface area contributed by atoms with Gasteiger partial charge in [0.05, 0.1) is 16.9 Å². The van der Waals surface area contributed by atoms with Gasteiger partial charge in [-0.3, -0.25) is 5.43 Å². The van der Waals surface area contributed by atoms with E-state index in [1.165, 1.54) is 0 Å². The molecule has 0 saturated carbocycles. The van der Waals surface area contributed by atoms with Crippen LogP contribution in [0.2, 0.25) is 5.02 Å². The standard InChI is InChI=1S/C13H11ClN2/c14-12-8-4-5-9-13(12)16-15-10-11-6-2-1-3-7-11/h1-10,16H/b15-10-. The predicted molar refractivity (Wildman–Crippen MR) is 69.1 cm³/mol. The summed E-state index contributed by atoms with van der Waals surface area (Å²) in [6.07, 6.45) is 1.75. The molecule has 1 N–H and O–H groups in total. The van der Waals surface area contributed by atoms with Crippen molar-refractivity contribution in [3.8, 4) is 0 Å². The van der Waals surface area contributed by atoms with Crippen molar-refractivity contribution in [2.24, 2.45) is 5.10 Å². The number of hydrogen-bond donors (Lipinski definition) is 1. The number of halogens is 1. The lowest BCUT2D eigenvalue weighted by atomic mass is 10.2. The highest BCUT2D eigenvalue weighted by molar-refractivity contribution is 6.33. The first-order valence-corrected chi connectivity index (χ1v) is 5.33. The van der Waals surface area contributed by atoms with Crippen LogP contribution in [0.15, 0.2) is 59.7 Å². The fourth-order valence-electron chi connectivity index (χ4n) is 1.27. The Morgan fingerprint density at radius 3 is 2.38 bits per heavy atom. The second kappa shape index (κ2) is 5.33. The molecular weight excluding hydrogens is 220 g/mol. The maximum absolute atomic E-state index is 5.97. The van der Waals surface area contributed by atoms with Gasteiger partial charge in [0.1, 0.15) is 0 Å². The fourth-order valence-corrected chi connectivity index (χ4v) is 1.45. The van der Waals surface area contributed by atoms with E-state index in [0.29, 0.717) is 5.02 Å². The van der Waals surface area contributed by atoms with Gasteiger partial charge in [-0.05, 0) is 17.7 Å². The molecule has 2 nitrogen and oxygen atoms in total. The molecule has 0 atom stereocenters. The van der Waals surface area contributed by atoms with Gasteiger partial charge in [-0.2, -0.15) is 5.10 Å². The molecule has 0 radical (unpaired) electrons. The van der Waals surface area contributed by atoms with Crippen LogP contribution in [0.1, 0.15) is 5.56 Å². The van der Waals surface area contributed by atoms with Gasteiger partial charge in [0, 0.05) is 0 Å². The first-order chi connectivity index (χ1) is 7.86. The summed E-state index contributed by atoms with van der Waals surface area (Å²) in [5, 5.41) is 4.77. The first kappa shape index (κ1) is 10.7. The third-order valence-electron chi connectivity index (χ3n) is 2.07. The van der Waals surface area contributed by atoms with E-state index in [4.69, 9.17) is 11.6 Å². The van der Waals surface area contributed by atoms with Gasteiger partial charge in [0.25, 0.3) is 0 Å². The molecule has 0 aromatic heterocycles. The number of benzene rings is 2. The minimum absolute atomic E-state index is 0.660. The van der Waals surface area contributed by atoms with Crippen molar-refractivity contribution >= 4 is 23.5 Å². The highest BCUT2D eigenvalue weighted by atomic mass is 35.5. The SMILES string of the molecule is Clc1ccccc1N/N=C\c1ccccc1. The summed E-state index contributed by atoms with van der Waals surface area (Å²) in [4.78, 5) is 0. The van der Waals surface area contributed by atoms with E-state index in [1.807, 2.05) is 54.6 Å². The van der Waals surface area contributed by atoms with Crippen LogP contribution < -0.4 is 5.43 Å².